The Morgan fingerprint density at radius 3 is 1.93 bits per heavy atom. The number of carboxylic acid groups (broad SMARTS) is 1. The maximum Gasteiger partial charge on any atom is 1.00 e. The van der Waals surface area contributed by atoms with Crippen LogP contribution in [0, 0.1) is 17.5 Å². The summed E-state index contributed by atoms with van der Waals surface area (Å²) in [6.07, 6.45) is -2.98. The molecule has 7 nitrogen and oxygen atoms in total. The number of aromatic nitrogens is 1. The van der Waals surface area contributed by atoms with E-state index >= 15 is 0 Å². The van der Waals surface area contributed by atoms with Crippen LogP contribution in [0.4, 0.5) is 18.9 Å². The van der Waals surface area contributed by atoms with Crippen LogP contribution in [0.3, 0.4) is 0 Å². The van der Waals surface area contributed by atoms with E-state index in [4.69, 9.17) is 0 Å². The van der Waals surface area contributed by atoms with Crippen molar-refractivity contribution < 1.29 is 67.6 Å². The van der Waals surface area contributed by atoms with Gasteiger partial charge in [-0.2, -0.15) is 0 Å². The van der Waals surface area contributed by atoms with E-state index in [-0.39, 0.29) is 66.2 Å². The first kappa shape index (κ1) is 35.1. The van der Waals surface area contributed by atoms with Crippen molar-refractivity contribution in [2.75, 3.05) is 5.32 Å². The van der Waals surface area contributed by atoms with Crippen LogP contribution in [0.1, 0.15) is 55.3 Å². The van der Waals surface area contributed by atoms with Gasteiger partial charge in [0, 0.05) is 40.9 Å². The molecule has 0 spiro atoms. The predicted octanol–water partition coefficient (Wildman–Crippen LogP) is 2.26. The van der Waals surface area contributed by atoms with Gasteiger partial charge in [0.2, 0.25) is 0 Å². The molecule has 1 heterocycles. The number of aliphatic carboxylic acids is 1. The third kappa shape index (κ3) is 8.61. The predicted molar refractivity (Wildman–Crippen MR) is 155 cm³/mol. The van der Waals surface area contributed by atoms with Gasteiger partial charge in [-0.3, -0.25) is 4.79 Å². The number of hydrogen-bond acceptors (Lipinski definition) is 5. The summed E-state index contributed by atoms with van der Waals surface area (Å²) in [6, 6.07) is 16.3. The number of carbonyl (C=O) groups excluding carboxylic acids is 2. The Balaban J connectivity index is 0.00000529. The minimum absolute atomic E-state index is 0. The first-order valence-corrected chi connectivity index (χ1v) is 13.9. The molecule has 0 saturated carbocycles. The molecule has 0 unspecified atom stereocenters. The smallest absolute Gasteiger partial charge is 0.550 e. The summed E-state index contributed by atoms with van der Waals surface area (Å²) in [5, 5.41) is 34.3. The summed E-state index contributed by atoms with van der Waals surface area (Å²) in [4.78, 5) is 24.9. The van der Waals surface area contributed by atoms with Gasteiger partial charge in [-0.25, -0.2) is 13.2 Å². The molecule has 0 aliphatic heterocycles. The van der Waals surface area contributed by atoms with Crippen LogP contribution in [-0.4, -0.2) is 38.9 Å². The Bertz CT molecular complexity index is 1590. The van der Waals surface area contributed by atoms with Gasteiger partial charge in [-0.05, 0) is 86.7 Å². The van der Waals surface area contributed by atoms with Gasteiger partial charge in [0.15, 0.2) is 0 Å². The molecule has 11 heteroatoms. The Morgan fingerprint density at radius 1 is 0.841 bits per heavy atom. The number of hydrogen-bond donors (Lipinski definition) is 3. The molecule has 1 amide bonds. The minimum Gasteiger partial charge on any atom is -0.550 e. The molecular formula is C33H32F3N2NaO5. The van der Waals surface area contributed by atoms with Crippen molar-refractivity contribution >= 4 is 17.6 Å². The summed E-state index contributed by atoms with van der Waals surface area (Å²) in [5.41, 5.74) is 3.03. The summed E-state index contributed by atoms with van der Waals surface area (Å²) < 4.78 is 43.8. The van der Waals surface area contributed by atoms with Gasteiger partial charge in [0.1, 0.15) is 23.1 Å². The largest absolute Gasteiger partial charge is 1.00 e. The topological polar surface area (TPSA) is 115 Å². The van der Waals surface area contributed by atoms with Crippen molar-refractivity contribution in [3.05, 3.63) is 102 Å². The fourth-order valence-corrected chi connectivity index (χ4v) is 5.27. The molecule has 0 fully saturated rings. The van der Waals surface area contributed by atoms with Gasteiger partial charge in [-0.15, -0.1) is 0 Å². The zero-order chi connectivity index (χ0) is 31.3. The molecule has 0 aliphatic rings. The average Bonchev–Trinajstić information content (AvgIpc) is 3.28. The van der Waals surface area contributed by atoms with Crippen molar-refractivity contribution in [2.24, 2.45) is 0 Å². The molecular weight excluding hydrogens is 584 g/mol. The summed E-state index contributed by atoms with van der Waals surface area (Å²) in [6.45, 7) is 3.71. The van der Waals surface area contributed by atoms with E-state index in [2.05, 4.69) is 5.32 Å². The van der Waals surface area contributed by atoms with E-state index in [1.165, 1.54) is 60.7 Å². The van der Waals surface area contributed by atoms with Crippen LogP contribution in [0.5, 0.6) is 0 Å². The Morgan fingerprint density at radius 2 is 1.41 bits per heavy atom. The number of nitrogens with zero attached hydrogens (tertiary/aromatic N) is 1. The SMILES string of the molecule is CC(C)n1c(CC[C@@H](O)C[C@@H](O)CC(=O)[O-])c(-c2ccc(F)cc2)c(-c2ccc(F)cc2)c1C(=O)Nc1cccc(F)c1.[Na+]. The van der Waals surface area contributed by atoms with Gasteiger partial charge >= 0.3 is 29.6 Å². The number of amides is 1. The second kappa shape index (κ2) is 15.5. The first-order valence-electron chi connectivity index (χ1n) is 13.9. The molecule has 1 aromatic heterocycles. The van der Waals surface area contributed by atoms with E-state index < -0.39 is 48.0 Å². The van der Waals surface area contributed by atoms with E-state index in [9.17, 15) is 38.1 Å². The number of benzene rings is 3. The molecule has 3 N–H and O–H groups in total. The Hall–Kier alpha value is -3.41. The van der Waals surface area contributed by atoms with E-state index in [0.29, 0.717) is 27.9 Å². The van der Waals surface area contributed by atoms with Gasteiger partial charge in [0.05, 0.1) is 12.2 Å². The molecule has 0 saturated heterocycles. The summed E-state index contributed by atoms with van der Waals surface area (Å²) in [7, 11) is 0. The third-order valence-corrected chi connectivity index (χ3v) is 7.05. The van der Waals surface area contributed by atoms with Gasteiger partial charge in [-0.1, -0.05) is 30.3 Å². The zero-order valence-corrected chi connectivity index (χ0v) is 26.7. The fraction of sp³-hybridized carbons (Fsp3) is 0.273. The van der Waals surface area contributed by atoms with Crippen molar-refractivity contribution in [1.82, 2.24) is 4.57 Å². The minimum atomic E-state index is -1.44. The van der Waals surface area contributed by atoms with Crippen LogP contribution < -0.4 is 40.0 Å². The van der Waals surface area contributed by atoms with Crippen LogP contribution in [-0.2, 0) is 11.2 Å². The number of nitrogens with one attached hydrogen (secondary N) is 1. The molecule has 4 rings (SSSR count). The van der Waals surface area contributed by atoms with Crippen molar-refractivity contribution in [1.29, 1.82) is 0 Å². The van der Waals surface area contributed by atoms with Gasteiger partial charge in [0.25, 0.3) is 5.91 Å². The van der Waals surface area contributed by atoms with Gasteiger partial charge < -0.3 is 30.0 Å². The third-order valence-electron chi connectivity index (χ3n) is 7.05. The number of anilines is 1. The monoisotopic (exact) mass is 616 g/mol. The number of aliphatic hydroxyl groups is 2. The van der Waals surface area contributed by atoms with Crippen molar-refractivity contribution in [2.45, 2.75) is 57.8 Å². The van der Waals surface area contributed by atoms with Crippen molar-refractivity contribution in [3.63, 3.8) is 0 Å². The number of aliphatic hydroxyl groups excluding tert-OH is 2. The maximum atomic E-state index is 14.0. The van der Waals surface area contributed by atoms with Crippen molar-refractivity contribution in [3.8, 4) is 22.3 Å². The normalized spacial score (nSPS) is 12.5. The molecule has 226 valence electrons. The maximum absolute atomic E-state index is 14.0. The van der Waals surface area contributed by atoms with Crippen LogP contribution >= 0.6 is 0 Å². The standard InChI is InChI=1S/C33H33F3N2O5.Na/c1-19(2)38-28(15-14-26(39)17-27(40)18-29(41)42)30(20-6-10-22(34)11-7-20)31(21-8-12-23(35)13-9-21)32(38)33(43)37-25-5-3-4-24(36)16-25;/h3-13,16,19,26-27,39-40H,14-15,17-18H2,1-2H3,(H,37,43)(H,41,42);/q;+1/p-1/t26-,27-;/m1./s1. The van der Waals surface area contributed by atoms with E-state index in [1.54, 1.807) is 16.7 Å². The first-order chi connectivity index (χ1) is 20.4. The quantitative estimate of drug-likeness (QED) is 0.212. The molecule has 0 radical (unpaired) electrons. The molecule has 2 atom stereocenters. The summed E-state index contributed by atoms with van der Waals surface area (Å²) in [5.74, 6) is -3.51. The van der Waals surface area contributed by atoms with E-state index in [1.807, 2.05) is 13.8 Å². The molecule has 4 aromatic rings. The number of halogens is 3. The summed E-state index contributed by atoms with van der Waals surface area (Å²) >= 11 is 0. The fourth-order valence-electron chi connectivity index (χ4n) is 5.27. The second-order valence-corrected chi connectivity index (χ2v) is 10.6. The number of carboxylic acids is 1. The average molecular weight is 617 g/mol. The molecule has 44 heavy (non-hydrogen) atoms. The number of rotatable bonds is 12. The Labute approximate surface area is 275 Å². The number of carbonyl (C=O) groups is 2. The zero-order valence-electron chi connectivity index (χ0n) is 24.7. The second-order valence-electron chi connectivity index (χ2n) is 10.6. The molecule has 0 bridgehead atoms. The van der Waals surface area contributed by atoms with Crippen LogP contribution in [0.15, 0.2) is 72.8 Å². The van der Waals surface area contributed by atoms with Crippen LogP contribution in [0.2, 0.25) is 0 Å². The van der Waals surface area contributed by atoms with E-state index in [0.717, 1.165) is 0 Å². The van der Waals surface area contributed by atoms with Crippen LogP contribution in [0.25, 0.3) is 22.3 Å². The Kier molecular flexibility index (Phi) is 12.4. The molecule has 3 aromatic carbocycles. The molecule has 0 aliphatic carbocycles.